The predicted molar refractivity (Wildman–Crippen MR) is 67.7 cm³/mol. The molecule has 0 radical (unpaired) electrons. The van der Waals surface area contributed by atoms with Crippen LogP contribution in [0.15, 0.2) is 11.8 Å². The number of hydrogen-bond donors (Lipinski definition) is 0. The number of piperidine rings is 1. The maximum atomic E-state index is 11.3. The summed E-state index contributed by atoms with van der Waals surface area (Å²) in [6.45, 7) is 6.53. The molecule has 0 aromatic heterocycles. The molecule has 0 atom stereocenters. The van der Waals surface area contributed by atoms with Gasteiger partial charge in [0.05, 0.1) is 6.61 Å². The number of allylic oxidation sites excluding steroid dienone is 1. The highest BCUT2D eigenvalue weighted by atomic mass is 35.5. The minimum absolute atomic E-state index is 0. The molecule has 1 rings (SSSR count). The Labute approximate surface area is 104 Å². The van der Waals surface area contributed by atoms with E-state index in [1.807, 2.05) is 6.92 Å². The van der Waals surface area contributed by atoms with Gasteiger partial charge in [0, 0.05) is 24.9 Å². The standard InChI is InChI=1S/C12H21NO2.ClH/c1-3-11(10-12(14)15-4-2)13-8-6-5-7-9-13;/h10H,3-9H2,1-2H3;1H/b11-10+;. The molecule has 0 saturated carbocycles. The number of nitrogens with zero attached hydrogens (tertiary/aromatic N) is 1. The normalized spacial score (nSPS) is 16.6. The van der Waals surface area contributed by atoms with Gasteiger partial charge in [-0.3, -0.25) is 0 Å². The first kappa shape index (κ1) is 15.3. The summed E-state index contributed by atoms with van der Waals surface area (Å²) in [7, 11) is 0. The Morgan fingerprint density at radius 1 is 1.25 bits per heavy atom. The molecule has 4 heteroatoms. The summed E-state index contributed by atoms with van der Waals surface area (Å²) < 4.78 is 4.92. The molecular formula is C12H22ClNO2. The summed E-state index contributed by atoms with van der Waals surface area (Å²) in [5, 5.41) is 0. The number of likely N-dealkylation sites (tertiary alicyclic amines) is 1. The molecule has 0 aromatic rings. The molecule has 0 aliphatic carbocycles. The van der Waals surface area contributed by atoms with Gasteiger partial charge in [-0.15, -0.1) is 12.4 Å². The maximum absolute atomic E-state index is 11.3. The van der Waals surface area contributed by atoms with E-state index < -0.39 is 0 Å². The van der Waals surface area contributed by atoms with Gasteiger partial charge in [-0.2, -0.15) is 0 Å². The van der Waals surface area contributed by atoms with Crippen LogP contribution in [0.2, 0.25) is 0 Å². The first-order chi connectivity index (χ1) is 7.27. The van der Waals surface area contributed by atoms with Crippen molar-refractivity contribution in [1.29, 1.82) is 0 Å². The van der Waals surface area contributed by atoms with Gasteiger partial charge in [0.15, 0.2) is 0 Å². The van der Waals surface area contributed by atoms with E-state index in [1.54, 1.807) is 6.08 Å². The van der Waals surface area contributed by atoms with Gasteiger partial charge in [-0.25, -0.2) is 4.79 Å². The molecule has 1 fully saturated rings. The molecule has 0 N–H and O–H groups in total. The zero-order chi connectivity index (χ0) is 11.1. The van der Waals surface area contributed by atoms with E-state index in [1.165, 1.54) is 19.3 Å². The highest BCUT2D eigenvalue weighted by Gasteiger charge is 2.13. The third-order valence-electron chi connectivity index (χ3n) is 2.70. The summed E-state index contributed by atoms with van der Waals surface area (Å²) in [6.07, 6.45) is 6.33. The van der Waals surface area contributed by atoms with E-state index in [2.05, 4.69) is 11.8 Å². The Hall–Kier alpha value is -0.700. The van der Waals surface area contributed by atoms with Crippen LogP contribution in [-0.4, -0.2) is 30.6 Å². The minimum atomic E-state index is -0.208. The van der Waals surface area contributed by atoms with Crippen LogP contribution in [-0.2, 0) is 9.53 Å². The Kier molecular flexibility index (Phi) is 8.08. The molecule has 1 aliphatic heterocycles. The topological polar surface area (TPSA) is 29.5 Å². The van der Waals surface area contributed by atoms with E-state index in [0.717, 1.165) is 25.2 Å². The van der Waals surface area contributed by atoms with Crippen LogP contribution in [0.5, 0.6) is 0 Å². The van der Waals surface area contributed by atoms with Gasteiger partial charge in [0.25, 0.3) is 0 Å². The second-order valence-corrected chi connectivity index (χ2v) is 3.79. The highest BCUT2D eigenvalue weighted by Crippen LogP contribution is 2.16. The van der Waals surface area contributed by atoms with Crippen molar-refractivity contribution in [2.75, 3.05) is 19.7 Å². The van der Waals surface area contributed by atoms with Gasteiger partial charge in [-0.1, -0.05) is 6.92 Å². The summed E-state index contributed by atoms with van der Waals surface area (Å²) >= 11 is 0. The van der Waals surface area contributed by atoms with Crippen molar-refractivity contribution < 1.29 is 9.53 Å². The smallest absolute Gasteiger partial charge is 0.332 e. The number of rotatable bonds is 4. The lowest BCUT2D eigenvalue weighted by Gasteiger charge is -2.30. The number of esters is 1. The predicted octanol–water partition coefficient (Wildman–Crippen LogP) is 2.75. The average molecular weight is 248 g/mol. The third-order valence-corrected chi connectivity index (χ3v) is 2.70. The van der Waals surface area contributed by atoms with E-state index in [4.69, 9.17) is 4.74 Å². The first-order valence-electron chi connectivity index (χ1n) is 5.90. The molecule has 1 saturated heterocycles. The molecule has 3 nitrogen and oxygen atoms in total. The van der Waals surface area contributed by atoms with Crippen molar-refractivity contribution in [3.05, 3.63) is 11.8 Å². The summed E-state index contributed by atoms with van der Waals surface area (Å²) in [4.78, 5) is 13.6. The quantitative estimate of drug-likeness (QED) is 0.565. The molecule has 1 heterocycles. The van der Waals surface area contributed by atoms with Gasteiger partial charge < -0.3 is 9.64 Å². The Morgan fingerprint density at radius 3 is 2.38 bits per heavy atom. The molecular weight excluding hydrogens is 226 g/mol. The first-order valence-corrected chi connectivity index (χ1v) is 5.90. The van der Waals surface area contributed by atoms with E-state index in [0.29, 0.717) is 6.61 Å². The lowest BCUT2D eigenvalue weighted by molar-refractivity contribution is -0.137. The van der Waals surface area contributed by atoms with Crippen molar-refractivity contribution in [3.8, 4) is 0 Å². The van der Waals surface area contributed by atoms with Crippen LogP contribution in [0.3, 0.4) is 0 Å². The van der Waals surface area contributed by atoms with Crippen LogP contribution >= 0.6 is 12.4 Å². The van der Waals surface area contributed by atoms with Crippen molar-refractivity contribution in [3.63, 3.8) is 0 Å². The monoisotopic (exact) mass is 247 g/mol. The number of halogens is 1. The molecule has 0 aromatic carbocycles. The Morgan fingerprint density at radius 2 is 1.88 bits per heavy atom. The van der Waals surface area contributed by atoms with Gasteiger partial charge in [0.1, 0.15) is 0 Å². The highest BCUT2D eigenvalue weighted by molar-refractivity contribution is 5.85. The van der Waals surface area contributed by atoms with Gasteiger partial charge >= 0.3 is 5.97 Å². The van der Waals surface area contributed by atoms with Crippen LogP contribution in [0, 0.1) is 0 Å². The second-order valence-electron chi connectivity index (χ2n) is 3.79. The number of carbonyl (C=O) groups excluding carboxylic acids is 1. The Balaban J connectivity index is 0.00000225. The van der Waals surface area contributed by atoms with Crippen molar-refractivity contribution in [2.24, 2.45) is 0 Å². The van der Waals surface area contributed by atoms with E-state index in [-0.39, 0.29) is 18.4 Å². The molecule has 0 unspecified atom stereocenters. The van der Waals surface area contributed by atoms with Gasteiger partial charge in [-0.05, 0) is 32.6 Å². The van der Waals surface area contributed by atoms with Crippen LogP contribution < -0.4 is 0 Å². The van der Waals surface area contributed by atoms with Crippen molar-refractivity contribution in [1.82, 2.24) is 4.90 Å². The largest absolute Gasteiger partial charge is 0.463 e. The molecule has 16 heavy (non-hydrogen) atoms. The fraction of sp³-hybridized carbons (Fsp3) is 0.750. The second kappa shape index (κ2) is 8.45. The number of ether oxygens (including phenoxy) is 1. The number of hydrogen-bond acceptors (Lipinski definition) is 3. The molecule has 0 bridgehead atoms. The van der Waals surface area contributed by atoms with Crippen LogP contribution in [0.1, 0.15) is 39.5 Å². The van der Waals surface area contributed by atoms with Crippen LogP contribution in [0.4, 0.5) is 0 Å². The summed E-state index contributed by atoms with van der Waals surface area (Å²) in [6, 6.07) is 0. The zero-order valence-electron chi connectivity index (χ0n) is 10.2. The lowest BCUT2D eigenvalue weighted by Crippen LogP contribution is -2.29. The fourth-order valence-corrected chi connectivity index (χ4v) is 1.92. The molecule has 94 valence electrons. The fourth-order valence-electron chi connectivity index (χ4n) is 1.92. The molecule has 0 spiro atoms. The summed E-state index contributed by atoms with van der Waals surface area (Å²) in [5.41, 5.74) is 1.12. The molecule has 1 aliphatic rings. The number of carbonyl (C=O) groups is 1. The lowest BCUT2D eigenvalue weighted by atomic mass is 10.1. The molecule has 0 amide bonds. The minimum Gasteiger partial charge on any atom is -0.463 e. The van der Waals surface area contributed by atoms with E-state index in [9.17, 15) is 4.79 Å². The van der Waals surface area contributed by atoms with E-state index >= 15 is 0 Å². The Bertz CT molecular complexity index is 235. The SMILES string of the molecule is CCOC(=O)/C=C(\CC)N1CCCCC1.Cl. The third kappa shape index (κ3) is 4.88. The van der Waals surface area contributed by atoms with Crippen LogP contribution in [0.25, 0.3) is 0 Å². The summed E-state index contributed by atoms with van der Waals surface area (Å²) in [5.74, 6) is -0.208. The van der Waals surface area contributed by atoms with Crippen molar-refractivity contribution >= 4 is 18.4 Å². The average Bonchev–Trinajstić information content (AvgIpc) is 2.27. The van der Waals surface area contributed by atoms with Gasteiger partial charge in [0.2, 0.25) is 0 Å². The zero-order valence-corrected chi connectivity index (χ0v) is 11.0. The van der Waals surface area contributed by atoms with Crippen molar-refractivity contribution in [2.45, 2.75) is 39.5 Å². The maximum Gasteiger partial charge on any atom is 0.332 e.